The molecule has 0 spiro atoms. The van der Waals surface area contributed by atoms with Crippen molar-refractivity contribution in [2.45, 2.75) is 71.4 Å². The average molecular weight is 413 g/mol. The van der Waals surface area contributed by atoms with E-state index in [-0.39, 0.29) is 18.4 Å². The maximum Gasteiger partial charge on any atom is 0.408 e. The van der Waals surface area contributed by atoms with Crippen molar-refractivity contribution in [3.05, 3.63) is 17.2 Å². The summed E-state index contributed by atoms with van der Waals surface area (Å²) in [5, 5.41) is 13.5. The summed E-state index contributed by atoms with van der Waals surface area (Å²) in [6.07, 6.45) is 1.75. The number of nitroso groups, excluding NO2 is 1. The van der Waals surface area contributed by atoms with E-state index in [1.54, 1.807) is 34.6 Å². The molecule has 1 aliphatic rings. The Morgan fingerprint density at radius 2 is 2.03 bits per heavy atom. The summed E-state index contributed by atoms with van der Waals surface area (Å²) in [5.41, 5.74) is 4.53. The minimum atomic E-state index is -0.867. The van der Waals surface area contributed by atoms with E-state index in [9.17, 15) is 14.5 Å². The molecule has 1 rings (SSSR count). The van der Waals surface area contributed by atoms with Crippen LogP contribution in [0.15, 0.2) is 17.6 Å². The van der Waals surface area contributed by atoms with Crippen molar-refractivity contribution in [2.24, 2.45) is 16.9 Å². The van der Waals surface area contributed by atoms with Crippen LogP contribution in [-0.4, -0.2) is 53.5 Å². The molecule has 1 amide bonds. The molecule has 29 heavy (non-hydrogen) atoms. The highest BCUT2D eigenvalue weighted by Gasteiger charge is 2.33. The van der Waals surface area contributed by atoms with Gasteiger partial charge < -0.3 is 25.3 Å². The predicted octanol–water partition coefficient (Wildman–Crippen LogP) is 2.02. The number of rotatable bonds is 9. The number of nitrogens with one attached hydrogen (secondary N) is 2. The number of hydrogen-bond acceptors (Lipinski definition) is 8. The first kappa shape index (κ1) is 24.3. The standard InChI is InChI=1S/C18H31N5O6/c1-11(2)15(21-17(25)29-18(3,4)5)16(24)27-10-12-6-7-14(28-12)23(22-26)9-8-13(19)20/h8-9,11-12,14-15H,6-7,10H2,1-5H3,(H3,19,20)(H,21,25)/b9-8+. The van der Waals surface area contributed by atoms with Gasteiger partial charge in [-0.25, -0.2) is 14.6 Å². The van der Waals surface area contributed by atoms with Crippen molar-refractivity contribution in [2.75, 3.05) is 6.61 Å². The summed E-state index contributed by atoms with van der Waals surface area (Å²) >= 11 is 0. The Kier molecular flexibility index (Phi) is 9.02. The van der Waals surface area contributed by atoms with E-state index in [0.717, 1.165) is 5.01 Å². The Bertz CT molecular complexity index is 631. The lowest BCUT2D eigenvalue weighted by molar-refractivity contribution is -0.152. The van der Waals surface area contributed by atoms with Crippen LogP contribution in [0.5, 0.6) is 0 Å². The third-order valence-corrected chi connectivity index (χ3v) is 3.89. The highest BCUT2D eigenvalue weighted by molar-refractivity contribution is 5.88. The quantitative estimate of drug-likeness (QED) is 0.170. The van der Waals surface area contributed by atoms with Crippen molar-refractivity contribution >= 4 is 17.9 Å². The number of nitrogens with two attached hydrogens (primary N) is 1. The SMILES string of the molecule is CC(C)C(NC(=O)OC(C)(C)C)C(=O)OCC1CCC(N(/C=C/C(=N)N)N=O)O1. The number of carbonyl (C=O) groups is 2. The van der Waals surface area contributed by atoms with Crippen molar-refractivity contribution in [1.29, 1.82) is 5.41 Å². The van der Waals surface area contributed by atoms with Gasteiger partial charge in [-0.15, -0.1) is 4.91 Å². The molecule has 3 unspecified atom stereocenters. The fourth-order valence-electron chi connectivity index (χ4n) is 2.53. The molecule has 0 radical (unpaired) electrons. The third kappa shape index (κ3) is 8.90. The molecule has 1 heterocycles. The van der Waals surface area contributed by atoms with Crippen LogP contribution in [-0.2, 0) is 19.0 Å². The number of nitrogens with zero attached hydrogens (tertiary/aromatic N) is 2. The Morgan fingerprint density at radius 3 is 2.55 bits per heavy atom. The van der Waals surface area contributed by atoms with Gasteiger partial charge in [-0.05, 0) is 45.6 Å². The van der Waals surface area contributed by atoms with Crippen molar-refractivity contribution < 1.29 is 23.8 Å². The monoisotopic (exact) mass is 413 g/mol. The predicted molar refractivity (Wildman–Crippen MR) is 106 cm³/mol. The molecule has 3 atom stereocenters. The van der Waals surface area contributed by atoms with Gasteiger partial charge in [0.2, 0.25) is 0 Å². The maximum absolute atomic E-state index is 12.4. The smallest absolute Gasteiger partial charge is 0.408 e. The molecule has 164 valence electrons. The highest BCUT2D eigenvalue weighted by atomic mass is 16.6. The second kappa shape index (κ2) is 10.7. The Labute approximate surface area is 170 Å². The molecule has 0 bridgehead atoms. The maximum atomic E-state index is 12.4. The van der Waals surface area contributed by atoms with Gasteiger partial charge in [0.05, 0.1) is 11.4 Å². The van der Waals surface area contributed by atoms with Gasteiger partial charge in [0, 0.05) is 6.20 Å². The molecule has 0 saturated carbocycles. The number of ether oxygens (including phenoxy) is 3. The molecule has 1 saturated heterocycles. The molecule has 0 aromatic rings. The van der Waals surface area contributed by atoms with Crippen molar-refractivity contribution in [3.8, 4) is 0 Å². The molecule has 4 N–H and O–H groups in total. The molecule has 11 heteroatoms. The summed E-state index contributed by atoms with van der Waals surface area (Å²) in [6, 6.07) is -0.867. The van der Waals surface area contributed by atoms with Gasteiger partial charge in [0.15, 0.2) is 6.23 Å². The number of amides is 1. The van der Waals surface area contributed by atoms with E-state index in [1.807, 2.05) is 0 Å². The molecule has 0 aromatic heterocycles. The molecule has 0 aliphatic carbocycles. The molecule has 0 aromatic carbocycles. The largest absolute Gasteiger partial charge is 0.461 e. The van der Waals surface area contributed by atoms with Gasteiger partial charge in [0.25, 0.3) is 0 Å². The van der Waals surface area contributed by atoms with Crippen LogP contribution in [0.3, 0.4) is 0 Å². The summed E-state index contributed by atoms with van der Waals surface area (Å²) < 4.78 is 16.2. The number of amidine groups is 1. The summed E-state index contributed by atoms with van der Waals surface area (Å²) in [5.74, 6) is -1.03. The van der Waals surface area contributed by atoms with Crippen LogP contribution in [0, 0.1) is 16.2 Å². The van der Waals surface area contributed by atoms with E-state index in [0.29, 0.717) is 12.8 Å². The lowest BCUT2D eigenvalue weighted by Crippen LogP contribution is -2.47. The minimum Gasteiger partial charge on any atom is -0.461 e. The zero-order valence-electron chi connectivity index (χ0n) is 17.5. The van der Waals surface area contributed by atoms with Crippen LogP contribution >= 0.6 is 0 Å². The summed E-state index contributed by atoms with van der Waals surface area (Å²) in [7, 11) is 0. The normalized spacial score (nSPS) is 20.3. The van der Waals surface area contributed by atoms with Gasteiger partial charge in [-0.1, -0.05) is 13.8 Å². The molecular formula is C18H31N5O6. The first-order valence-corrected chi connectivity index (χ1v) is 9.38. The third-order valence-electron chi connectivity index (χ3n) is 3.89. The van der Waals surface area contributed by atoms with Gasteiger partial charge in [-0.2, -0.15) is 0 Å². The van der Waals surface area contributed by atoms with E-state index in [1.165, 1.54) is 12.3 Å². The average Bonchev–Trinajstić information content (AvgIpc) is 3.05. The zero-order chi connectivity index (χ0) is 22.2. The van der Waals surface area contributed by atoms with Crippen LogP contribution in [0.25, 0.3) is 0 Å². The van der Waals surface area contributed by atoms with Crippen molar-refractivity contribution in [1.82, 2.24) is 10.3 Å². The van der Waals surface area contributed by atoms with E-state index in [2.05, 4.69) is 10.6 Å². The number of carbonyl (C=O) groups excluding carboxylic acids is 2. The highest BCUT2D eigenvalue weighted by Crippen LogP contribution is 2.24. The molecule has 1 aliphatic heterocycles. The number of alkyl carbamates (subject to hydrolysis) is 1. The van der Waals surface area contributed by atoms with Gasteiger partial charge in [0.1, 0.15) is 24.1 Å². The fourth-order valence-corrected chi connectivity index (χ4v) is 2.53. The van der Waals surface area contributed by atoms with Crippen LogP contribution in [0.2, 0.25) is 0 Å². The summed E-state index contributed by atoms with van der Waals surface area (Å²) in [6.45, 7) is 8.71. The molecular weight excluding hydrogens is 382 g/mol. The van der Waals surface area contributed by atoms with Crippen LogP contribution < -0.4 is 11.1 Å². The topological polar surface area (TPSA) is 156 Å². The molecule has 1 fully saturated rings. The first-order valence-electron chi connectivity index (χ1n) is 9.38. The Morgan fingerprint density at radius 1 is 1.38 bits per heavy atom. The van der Waals surface area contributed by atoms with E-state index in [4.69, 9.17) is 25.4 Å². The Hall–Kier alpha value is -2.69. The number of hydrogen-bond donors (Lipinski definition) is 3. The fraction of sp³-hybridized carbons (Fsp3) is 0.722. The first-order chi connectivity index (χ1) is 13.4. The number of esters is 1. The van der Waals surface area contributed by atoms with Crippen molar-refractivity contribution in [3.63, 3.8) is 0 Å². The summed E-state index contributed by atoms with van der Waals surface area (Å²) in [4.78, 5) is 35.3. The zero-order valence-corrected chi connectivity index (χ0v) is 17.5. The van der Waals surface area contributed by atoms with E-state index >= 15 is 0 Å². The van der Waals surface area contributed by atoms with Gasteiger partial charge >= 0.3 is 12.1 Å². The minimum absolute atomic E-state index is 0.0301. The second-order valence-electron chi connectivity index (χ2n) is 8.02. The Balaban J connectivity index is 2.56. The van der Waals surface area contributed by atoms with Crippen LogP contribution in [0.4, 0.5) is 4.79 Å². The lowest BCUT2D eigenvalue weighted by atomic mass is 10.1. The van der Waals surface area contributed by atoms with Gasteiger partial charge in [-0.3, -0.25) is 5.41 Å². The van der Waals surface area contributed by atoms with Crippen LogP contribution in [0.1, 0.15) is 47.5 Å². The molecule has 11 nitrogen and oxygen atoms in total. The van der Waals surface area contributed by atoms with E-state index < -0.39 is 36.0 Å². The lowest BCUT2D eigenvalue weighted by Gasteiger charge is -2.25. The second-order valence-corrected chi connectivity index (χ2v) is 8.02.